The molecule has 25 heavy (non-hydrogen) atoms. The minimum Gasteiger partial charge on any atom is -0.349 e. The first-order valence-corrected chi connectivity index (χ1v) is 8.86. The lowest BCUT2D eigenvalue weighted by Gasteiger charge is -2.09. The summed E-state index contributed by atoms with van der Waals surface area (Å²) in [7, 11) is 0. The van der Waals surface area contributed by atoms with Crippen LogP contribution in [-0.2, 0) is 12.7 Å². The lowest BCUT2D eigenvalue weighted by atomic mass is 10.2. The summed E-state index contributed by atoms with van der Waals surface area (Å²) >= 11 is 6.94. The molecule has 0 bridgehead atoms. The summed E-state index contributed by atoms with van der Waals surface area (Å²) in [4.78, 5) is 7.73. The van der Waals surface area contributed by atoms with Gasteiger partial charge < -0.3 is 4.57 Å². The topological polar surface area (TPSA) is 30.7 Å². The second kappa shape index (κ2) is 7.09. The first kappa shape index (κ1) is 17.8. The Kier molecular flexibility index (Phi) is 5.06. The van der Waals surface area contributed by atoms with E-state index in [2.05, 4.69) is 9.97 Å². The zero-order valence-electron chi connectivity index (χ0n) is 13.1. The highest BCUT2D eigenvalue weighted by Crippen LogP contribution is 2.31. The van der Waals surface area contributed by atoms with Crippen molar-refractivity contribution < 1.29 is 13.2 Å². The maximum absolute atomic E-state index is 13.0. The van der Waals surface area contributed by atoms with E-state index in [0.29, 0.717) is 17.1 Å². The normalized spacial score (nSPS) is 11.7. The van der Waals surface area contributed by atoms with Crippen LogP contribution in [0.5, 0.6) is 0 Å². The molecule has 0 spiro atoms. The fraction of sp³-hybridized carbons (Fsp3) is 0.176. The number of halogens is 4. The Morgan fingerprint density at radius 2 is 1.84 bits per heavy atom. The molecule has 2 heterocycles. The van der Waals surface area contributed by atoms with Crippen LogP contribution in [0, 0.1) is 0 Å². The molecule has 3 nitrogen and oxygen atoms in total. The monoisotopic (exact) mass is 383 g/mol. The molecule has 130 valence electrons. The molecule has 0 atom stereocenters. The predicted octanol–water partition coefficient (Wildman–Crippen LogP) is 5.39. The van der Waals surface area contributed by atoms with Crippen LogP contribution >= 0.6 is 23.4 Å². The van der Waals surface area contributed by atoms with Crippen molar-refractivity contribution in [3.05, 3.63) is 65.1 Å². The zero-order chi connectivity index (χ0) is 18.0. The molecule has 0 N–H and O–H groups in total. The van der Waals surface area contributed by atoms with Crippen LogP contribution in [0.25, 0.3) is 11.3 Å². The maximum Gasteiger partial charge on any atom is 0.433 e. The van der Waals surface area contributed by atoms with Crippen LogP contribution in [0.2, 0.25) is 5.02 Å². The summed E-state index contributed by atoms with van der Waals surface area (Å²) in [5.41, 5.74) is 0.959. The minimum atomic E-state index is -4.51. The van der Waals surface area contributed by atoms with Gasteiger partial charge in [0.25, 0.3) is 0 Å². The van der Waals surface area contributed by atoms with Gasteiger partial charge in [0, 0.05) is 29.5 Å². The van der Waals surface area contributed by atoms with Gasteiger partial charge in [-0.1, -0.05) is 35.5 Å². The zero-order valence-corrected chi connectivity index (χ0v) is 14.7. The van der Waals surface area contributed by atoms with Gasteiger partial charge in [-0.3, -0.25) is 0 Å². The fourth-order valence-electron chi connectivity index (χ4n) is 2.30. The number of alkyl halides is 3. The van der Waals surface area contributed by atoms with Gasteiger partial charge in [0.1, 0.15) is 5.69 Å². The van der Waals surface area contributed by atoms with Gasteiger partial charge >= 0.3 is 6.18 Å². The average Bonchev–Trinajstić information content (AvgIpc) is 3.04. The fourth-order valence-corrected chi connectivity index (χ4v) is 2.81. The molecule has 0 saturated carbocycles. The van der Waals surface area contributed by atoms with Crippen LogP contribution in [0.15, 0.2) is 53.9 Å². The van der Waals surface area contributed by atoms with E-state index in [9.17, 15) is 13.2 Å². The van der Waals surface area contributed by atoms with E-state index in [0.717, 1.165) is 23.4 Å². The van der Waals surface area contributed by atoms with Crippen molar-refractivity contribution in [3.63, 3.8) is 0 Å². The predicted molar refractivity (Wildman–Crippen MR) is 92.8 cm³/mol. The lowest BCUT2D eigenvalue weighted by molar-refractivity contribution is -0.141. The Bertz CT molecular complexity index is 876. The molecule has 0 aliphatic heterocycles. The highest BCUT2D eigenvalue weighted by atomic mass is 35.5. The third-order valence-electron chi connectivity index (χ3n) is 3.50. The van der Waals surface area contributed by atoms with Gasteiger partial charge in [-0.05, 0) is 36.1 Å². The van der Waals surface area contributed by atoms with Gasteiger partial charge in [0.05, 0.1) is 5.69 Å². The number of aromatic nitrogens is 3. The molecule has 8 heteroatoms. The molecule has 0 unspecified atom stereocenters. The number of nitrogens with zero attached hydrogens (tertiary/aromatic N) is 3. The summed E-state index contributed by atoms with van der Waals surface area (Å²) in [5.74, 6) is 0. The summed E-state index contributed by atoms with van der Waals surface area (Å²) in [6.07, 6.45) is 0.707. The molecule has 2 aromatic heterocycles. The van der Waals surface area contributed by atoms with E-state index in [1.807, 2.05) is 16.7 Å². The van der Waals surface area contributed by atoms with Crippen LogP contribution in [-0.4, -0.2) is 20.8 Å². The molecule has 0 aliphatic carbocycles. The summed E-state index contributed by atoms with van der Waals surface area (Å²) < 4.78 is 40.9. The number of hydrogen-bond donors (Lipinski definition) is 0. The van der Waals surface area contributed by atoms with Crippen LogP contribution in [0.4, 0.5) is 13.2 Å². The number of thioether (sulfide) groups is 1. The van der Waals surface area contributed by atoms with Gasteiger partial charge in [0.15, 0.2) is 5.16 Å². The average molecular weight is 384 g/mol. The quantitative estimate of drug-likeness (QED) is 0.447. The van der Waals surface area contributed by atoms with Gasteiger partial charge in [-0.2, -0.15) is 13.2 Å². The first-order valence-electron chi connectivity index (χ1n) is 7.26. The van der Waals surface area contributed by atoms with Crippen molar-refractivity contribution in [1.29, 1.82) is 0 Å². The molecule has 3 aromatic rings. The number of benzene rings is 1. The van der Waals surface area contributed by atoms with Crippen molar-refractivity contribution in [3.8, 4) is 11.3 Å². The third-order valence-corrected chi connectivity index (χ3v) is 4.30. The smallest absolute Gasteiger partial charge is 0.349 e. The standard InChI is InChI=1S/C17H13ClF3N3S/c1-25-16-22-14(8-15(23-16)17(19,20)21)12-6-7-24(10-12)9-11-2-4-13(18)5-3-11/h2-8,10H,9H2,1H3. The van der Waals surface area contributed by atoms with Crippen LogP contribution < -0.4 is 0 Å². The van der Waals surface area contributed by atoms with Crippen LogP contribution in [0.3, 0.4) is 0 Å². The Morgan fingerprint density at radius 1 is 1.12 bits per heavy atom. The third kappa shape index (κ3) is 4.35. The molecule has 0 radical (unpaired) electrons. The molecule has 0 fully saturated rings. The maximum atomic E-state index is 13.0. The SMILES string of the molecule is CSc1nc(-c2ccn(Cc3ccc(Cl)cc3)c2)cc(C(F)(F)F)n1. The van der Waals surface area contributed by atoms with Gasteiger partial charge in [-0.25, -0.2) is 9.97 Å². The van der Waals surface area contributed by atoms with Crippen LogP contribution in [0.1, 0.15) is 11.3 Å². The largest absolute Gasteiger partial charge is 0.433 e. The van der Waals surface area contributed by atoms with E-state index < -0.39 is 11.9 Å². The summed E-state index contributed by atoms with van der Waals surface area (Å²) in [6.45, 7) is 0.587. The number of rotatable bonds is 4. The van der Waals surface area contributed by atoms with Crippen molar-refractivity contribution in [2.45, 2.75) is 17.9 Å². The van der Waals surface area contributed by atoms with E-state index in [-0.39, 0.29) is 10.9 Å². The second-order valence-corrected chi connectivity index (χ2v) is 6.53. The molecule has 1 aromatic carbocycles. The molecule has 3 rings (SSSR count). The van der Waals surface area contributed by atoms with E-state index in [1.165, 1.54) is 0 Å². The molecule has 0 saturated heterocycles. The van der Waals surface area contributed by atoms with E-state index >= 15 is 0 Å². The number of hydrogen-bond acceptors (Lipinski definition) is 3. The summed E-state index contributed by atoms with van der Waals surface area (Å²) in [6, 6.07) is 10.1. The Balaban J connectivity index is 1.90. The lowest BCUT2D eigenvalue weighted by Crippen LogP contribution is -2.09. The summed E-state index contributed by atoms with van der Waals surface area (Å²) in [5, 5.41) is 0.748. The Hall–Kier alpha value is -1.99. The van der Waals surface area contributed by atoms with Gasteiger partial charge in [0.2, 0.25) is 0 Å². The minimum absolute atomic E-state index is 0.0928. The van der Waals surface area contributed by atoms with Crippen molar-refractivity contribution in [2.75, 3.05) is 6.26 Å². The van der Waals surface area contributed by atoms with Crippen molar-refractivity contribution in [2.24, 2.45) is 0 Å². The molecular formula is C17H13ClF3N3S. The van der Waals surface area contributed by atoms with Crippen molar-refractivity contribution in [1.82, 2.24) is 14.5 Å². The highest BCUT2D eigenvalue weighted by Gasteiger charge is 2.33. The first-order chi connectivity index (χ1) is 11.8. The van der Waals surface area contributed by atoms with E-state index in [1.54, 1.807) is 36.8 Å². The molecule has 0 amide bonds. The second-order valence-electron chi connectivity index (χ2n) is 5.32. The molecule has 0 aliphatic rings. The highest BCUT2D eigenvalue weighted by molar-refractivity contribution is 7.98. The Morgan fingerprint density at radius 3 is 2.48 bits per heavy atom. The molecular weight excluding hydrogens is 371 g/mol. The van der Waals surface area contributed by atoms with E-state index in [4.69, 9.17) is 11.6 Å². The van der Waals surface area contributed by atoms with Gasteiger partial charge in [-0.15, -0.1) is 0 Å². The van der Waals surface area contributed by atoms with Crippen molar-refractivity contribution >= 4 is 23.4 Å². The Labute approximate surface area is 151 Å².